The fourth-order valence-electron chi connectivity index (χ4n) is 1.81. The molecule has 4 nitrogen and oxygen atoms in total. The van der Waals surface area contributed by atoms with Crippen molar-refractivity contribution in [2.24, 2.45) is 5.73 Å². The lowest BCUT2D eigenvalue weighted by Gasteiger charge is -2.27. The Bertz CT molecular complexity index is 208. The van der Waals surface area contributed by atoms with Crippen LogP contribution in [0.15, 0.2) is 0 Å². The zero-order chi connectivity index (χ0) is 11.1. The molecule has 0 radical (unpaired) electrons. The highest BCUT2D eigenvalue weighted by molar-refractivity contribution is 4.86. The van der Waals surface area contributed by atoms with Crippen LogP contribution in [0.1, 0.15) is 25.7 Å². The van der Waals surface area contributed by atoms with Gasteiger partial charge in [-0.2, -0.15) is 5.26 Å². The summed E-state index contributed by atoms with van der Waals surface area (Å²) in [5.74, 6) is 0. The van der Waals surface area contributed by atoms with Gasteiger partial charge in [0.25, 0.3) is 0 Å². The maximum atomic E-state index is 8.55. The number of ether oxygens (including phenoxy) is 1. The second kappa shape index (κ2) is 6.78. The van der Waals surface area contributed by atoms with Gasteiger partial charge in [-0.1, -0.05) is 0 Å². The molecule has 1 rings (SSSR count). The van der Waals surface area contributed by atoms with Crippen LogP contribution >= 0.6 is 0 Å². The molecule has 1 heterocycles. The largest absolute Gasteiger partial charge is 0.377 e. The highest BCUT2D eigenvalue weighted by Gasteiger charge is 2.15. The van der Waals surface area contributed by atoms with Crippen LogP contribution in [0.2, 0.25) is 0 Å². The van der Waals surface area contributed by atoms with Crippen LogP contribution in [0.25, 0.3) is 0 Å². The highest BCUT2D eigenvalue weighted by Crippen LogP contribution is 2.13. The normalized spacial score (nSPS) is 23.7. The molecule has 1 fully saturated rings. The predicted molar refractivity (Wildman–Crippen MR) is 59.3 cm³/mol. The summed E-state index contributed by atoms with van der Waals surface area (Å²) in [7, 11) is 2.06. The van der Waals surface area contributed by atoms with Crippen molar-refractivity contribution in [2.75, 3.05) is 26.7 Å². The van der Waals surface area contributed by atoms with Gasteiger partial charge >= 0.3 is 0 Å². The number of hydrogen-bond donors (Lipinski definition) is 1. The van der Waals surface area contributed by atoms with E-state index in [1.165, 1.54) is 12.8 Å². The molecule has 0 aromatic rings. The summed E-state index contributed by atoms with van der Waals surface area (Å²) in [6.07, 6.45) is 4.74. The molecule has 1 aliphatic heterocycles. The van der Waals surface area contributed by atoms with E-state index in [4.69, 9.17) is 15.7 Å². The zero-order valence-corrected chi connectivity index (χ0v) is 9.48. The average Bonchev–Trinajstić information content (AvgIpc) is 2.27. The van der Waals surface area contributed by atoms with E-state index in [0.717, 1.165) is 32.5 Å². The molecule has 0 aromatic heterocycles. The van der Waals surface area contributed by atoms with Crippen LogP contribution in [-0.4, -0.2) is 43.8 Å². The topological polar surface area (TPSA) is 62.3 Å². The third kappa shape index (κ3) is 5.12. The van der Waals surface area contributed by atoms with Crippen LogP contribution in [0, 0.1) is 11.3 Å². The van der Waals surface area contributed by atoms with E-state index in [1.54, 1.807) is 0 Å². The van der Waals surface area contributed by atoms with Crippen molar-refractivity contribution in [3.63, 3.8) is 0 Å². The van der Waals surface area contributed by atoms with Crippen molar-refractivity contribution in [1.82, 2.24) is 4.90 Å². The quantitative estimate of drug-likeness (QED) is 0.728. The number of hydrogen-bond acceptors (Lipinski definition) is 4. The summed E-state index contributed by atoms with van der Waals surface area (Å²) in [5.41, 5.74) is 5.54. The summed E-state index contributed by atoms with van der Waals surface area (Å²) in [6.45, 7) is 2.73. The van der Waals surface area contributed by atoms with Crippen molar-refractivity contribution in [2.45, 2.75) is 37.8 Å². The predicted octanol–water partition coefficient (Wildman–Crippen LogP) is 0.728. The minimum Gasteiger partial charge on any atom is -0.377 e. The summed E-state index contributed by atoms with van der Waals surface area (Å²) in [6, 6.07) is 1.71. The van der Waals surface area contributed by atoms with Gasteiger partial charge in [-0.25, -0.2) is 0 Å². The Morgan fingerprint density at radius 1 is 1.60 bits per heavy atom. The highest BCUT2D eigenvalue weighted by atomic mass is 16.5. The van der Waals surface area contributed by atoms with Crippen molar-refractivity contribution in [3.05, 3.63) is 0 Å². The smallest absolute Gasteiger partial charge is 0.0940 e. The van der Waals surface area contributed by atoms with Crippen molar-refractivity contribution in [3.8, 4) is 6.07 Å². The summed E-state index contributed by atoms with van der Waals surface area (Å²) < 4.78 is 5.64. The number of likely N-dealkylation sites (N-methyl/N-ethyl adjacent to an activating group) is 1. The van der Waals surface area contributed by atoms with Crippen molar-refractivity contribution < 1.29 is 4.74 Å². The molecule has 0 saturated carbocycles. The van der Waals surface area contributed by atoms with E-state index in [1.807, 2.05) is 6.07 Å². The summed E-state index contributed by atoms with van der Waals surface area (Å²) in [5, 5.41) is 8.55. The minimum absolute atomic E-state index is 0.334. The van der Waals surface area contributed by atoms with Gasteiger partial charge in [-0.3, -0.25) is 0 Å². The number of rotatable bonds is 5. The lowest BCUT2D eigenvalue weighted by Crippen LogP contribution is -2.35. The molecule has 2 atom stereocenters. The fourth-order valence-corrected chi connectivity index (χ4v) is 1.81. The molecule has 4 heteroatoms. The van der Waals surface area contributed by atoms with Crippen LogP contribution in [0.5, 0.6) is 0 Å². The molecule has 0 aliphatic carbocycles. The average molecular weight is 211 g/mol. The molecule has 0 amide bonds. The van der Waals surface area contributed by atoms with Crippen LogP contribution < -0.4 is 5.73 Å². The van der Waals surface area contributed by atoms with E-state index >= 15 is 0 Å². The van der Waals surface area contributed by atoms with Gasteiger partial charge in [0, 0.05) is 19.7 Å². The second-order valence-corrected chi connectivity index (χ2v) is 4.28. The van der Waals surface area contributed by atoms with Crippen molar-refractivity contribution >= 4 is 0 Å². The first kappa shape index (κ1) is 12.4. The first-order valence-electron chi connectivity index (χ1n) is 5.67. The van der Waals surface area contributed by atoms with E-state index in [-0.39, 0.29) is 6.04 Å². The van der Waals surface area contributed by atoms with Gasteiger partial charge in [0.05, 0.1) is 18.2 Å². The minimum atomic E-state index is -0.334. The lowest BCUT2D eigenvalue weighted by atomic mass is 10.1. The zero-order valence-electron chi connectivity index (χ0n) is 9.48. The number of nitrogens with zero attached hydrogens (tertiary/aromatic N) is 2. The Kier molecular flexibility index (Phi) is 5.62. The lowest BCUT2D eigenvalue weighted by molar-refractivity contribution is -0.00160. The van der Waals surface area contributed by atoms with Gasteiger partial charge in [0.2, 0.25) is 0 Å². The fraction of sp³-hybridized carbons (Fsp3) is 0.909. The number of nitrogens with two attached hydrogens (primary N) is 1. The van der Waals surface area contributed by atoms with Crippen molar-refractivity contribution in [1.29, 1.82) is 5.26 Å². The SMILES string of the molecule is CN(CCC(N)C#N)CC1CCCCO1. The number of nitriles is 1. The molecule has 15 heavy (non-hydrogen) atoms. The Morgan fingerprint density at radius 3 is 3.00 bits per heavy atom. The standard InChI is InChI=1S/C11H21N3O/c1-14(6-5-10(13)8-12)9-11-4-2-3-7-15-11/h10-11H,2-7,9,13H2,1H3. The Balaban J connectivity index is 2.12. The second-order valence-electron chi connectivity index (χ2n) is 4.28. The Morgan fingerprint density at radius 2 is 2.40 bits per heavy atom. The first-order valence-corrected chi connectivity index (χ1v) is 5.67. The van der Waals surface area contributed by atoms with Gasteiger partial charge < -0.3 is 15.4 Å². The maximum absolute atomic E-state index is 8.55. The third-order valence-electron chi connectivity index (χ3n) is 2.78. The van der Waals surface area contributed by atoms with Crippen LogP contribution in [-0.2, 0) is 4.74 Å². The van der Waals surface area contributed by atoms with E-state index < -0.39 is 0 Å². The maximum Gasteiger partial charge on any atom is 0.0940 e. The molecule has 86 valence electrons. The molecule has 0 bridgehead atoms. The molecule has 1 aliphatic rings. The summed E-state index contributed by atoms with van der Waals surface area (Å²) in [4.78, 5) is 2.20. The van der Waals surface area contributed by atoms with Crippen LogP contribution in [0.4, 0.5) is 0 Å². The molecule has 1 saturated heterocycles. The van der Waals surface area contributed by atoms with Gasteiger partial charge in [0.15, 0.2) is 0 Å². The third-order valence-corrected chi connectivity index (χ3v) is 2.78. The monoisotopic (exact) mass is 211 g/mol. The Hall–Kier alpha value is -0.630. The molecular formula is C11H21N3O. The molecular weight excluding hydrogens is 190 g/mol. The van der Waals surface area contributed by atoms with E-state index in [2.05, 4.69) is 11.9 Å². The van der Waals surface area contributed by atoms with Gasteiger partial charge in [-0.05, 0) is 32.7 Å². The van der Waals surface area contributed by atoms with Crippen LogP contribution in [0.3, 0.4) is 0 Å². The van der Waals surface area contributed by atoms with Gasteiger partial charge in [0.1, 0.15) is 0 Å². The molecule has 2 N–H and O–H groups in total. The molecule has 2 unspecified atom stereocenters. The summed E-state index contributed by atoms with van der Waals surface area (Å²) >= 11 is 0. The van der Waals surface area contributed by atoms with E-state index in [0.29, 0.717) is 6.10 Å². The molecule has 0 spiro atoms. The molecule has 0 aromatic carbocycles. The first-order chi connectivity index (χ1) is 7.22. The Labute approximate surface area is 92.0 Å². The van der Waals surface area contributed by atoms with E-state index in [9.17, 15) is 0 Å². The van der Waals surface area contributed by atoms with Gasteiger partial charge in [-0.15, -0.1) is 0 Å².